The number of amides is 1. The van der Waals surface area contributed by atoms with Crippen molar-refractivity contribution in [3.05, 3.63) is 47.0 Å². The van der Waals surface area contributed by atoms with Gasteiger partial charge >= 0.3 is 0 Å². The predicted octanol–water partition coefficient (Wildman–Crippen LogP) is 3.93. The van der Waals surface area contributed by atoms with Gasteiger partial charge in [0.1, 0.15) is 5.82 Å². The lowest BCUT2D eigenvalue weighted by Crippen LogP contribution is -2.39. The van der Waals surface area contributed by atoms with Crippen molar-refractivity contribution in [2.45, 2.75) is 59.0 Å². The molecule has 1 aliphatic carbocycles. The second-order valence-corrected chi connectivity index (χ2v) is 8.27. The molecule has 0 unspecified atom stereocenters. The van der Waals surface area contributed by atoms with Crippen LogP contribution in [0.15, 0.2) is 24.3 Å². The number of carbonyl (C=O) groups excluding carboxylic acids is 1. The SMILES string of the molecule is CCCN1CCc2c(c(CN(CC)C(=O)C3CCC3)nn2-c2cccc(F)c2)C1. The summed E-state index contributed by atoms with van der Waals surface area (Å²) in [6, 6.07) is 6.62. The van der Waals surface area contributed by atoms with Crippen LogP contribution in [-0.4, -0.2) is 45.1 Å². The predicted molar refractivity (Wildman–Crippen MR) is 111 cm³/mol. The van der Waals surface area contributed by atoms with E-state index >= 15 is 0 Å². The number of aromatic nitrogens is 2. The third-order valence-electron chi connectivity index (χ3n) is 6.30. The van der Waals surface area contributed by atoms with E-state index in [1.807, 2.05) is 22.6 Å². The third kappa shape index (κ3) is 4.08. The average Bonchev–Trinajstić information content (AvgIpc) is 3.03. The first-order valence-electron chi connectivity index (χ1n) is 11.0. The number of halogens is 1. The molecule has 1 saturated carbocycles. The van der Waals surface area contributed by atoms with Gasteiger partial charge < -0.3 is 4.90 Å². The smallest absolute Gasteiger partial charge is 0.226 e. The molecule has 0 spiro atoms. The normalized spacial score (nSPS) is 17.1. The first-order chi connectivity index (χ1) is 14.1. The highest BCUT2D eigenvalue weighted by atomic mass is 19.1. The zero-order chi connectivity index (χ0) is 20.4. The largest absolute Gasteiger partial charge is 0.337 e. The number of benzene rings is 1. The van der Waals surface area contributed by atoms with Crippen LogP contribution in [-0.2, 0) is 24.3 Å². The molecule has 1 amide bonds. The van der Waals surface area contributed by atoms with Crippen LogP contribution >= 0.6 is 0 Å². The second-order valence-electron chi connectivity index (χ2n) is 8.27. The van der Waals surface area contributed by atoms with Gasteiger partial charge in [0.25, 0.3) is 0 Å². The Bertz CT molecular complexity index is 874. The highest BCUT2D eigenvalue weighted by Gasteiger charge is 2.31. The van der Waals surface area contributed by atoms with Crippen LogP contribution in [0.1, 0.15) is 56.5 Å². The lowest BCUT2D eigenvalue weighted by Gasteiger charge is -2.31. The van der Waals surface area contributed by atoms with Crippen LogP contribution in [0.2, 0.25) is 0 Å². The van der Waals surface area contributed by atoms with Crippen LogP contribution in [0, 0.1) is 11.7 Å². The van der Waals surface area contributed by atoms with E-state index in [1.165, 1.54) is 17.7 Å². The van der Waals surface area contributed by atoms with E-state index in [1.54, 1.807) is 6.07 Å². The Morgan fingerprint density at radius 1 is 1.31 bits per heavy atom. The zero-order valence-electron chi connectivity index (χ0n) is 17.5. The maximum atomic E-state index is 13.9. The van der Waals surface area contributed by atoms with Crippen LogP contribution in [0.3, 0.4) is 0 Å². The van der Waals surface area contributed by atoms with Crippen molar-refractivity contribution in [1.29, 1.82) is 0 Å². The molecule has 5 nitrogen and oxygen atoms in total. The van der Waals surface area contributed by atoms with Crippen LogP contribution < -0.4 is 0 Å². The Hall–Kier alpha value is -2.21. The van der Waals surface area contributed by atoms with E-state index in [-0.39, 0.29) is 17.6 Å². The molecule has 1 aromatic carbocycles. The van der Waals surface area contributed by atoms with Gasteiger partial charge in [-0.1, -0.05) is 19.4 Å². The Morgan fingerprint density at radius 2 is 2.14 bits per heavy atom. The molecular weight excluding hydrogens is 367 g/mol. The molecule has 0 atom stereocenters. The molecule has 0 radical (unpaired) electrons. The summed E-state index contributed by atoms with van der Waals surface area (Å²) in [6.45, 7) is 8.36. The number of hydrogen-bond acceptors (Lipinski definition) is 3. The summed E-state index contributed by atoms with van der Waals surface area (Å²) >= 11 is 0. The second kappa shape index (κ2) is 8.66. The minimum atomic E-state index is -0.257. The highest BCUT2D eigenvalue weighted by Crippen LogP contribution is 2.30. The standard InChI is InChI=1S/C23H31FN4O/c1-3-12-26-13-11-22-20(15-26)21(16-27(4-2)23(29)17-7-5-8-17)25-28(22)19-10-6-9-18(24)14-19/h6,9-10,14,17H,3-5,7-8,11-13,15-16H2,1-2H3. The fourth-order valence-electron chi connectivity index (χ4n) is 4.44. The number of carbonyl (C=O) groups is 1. The molecule has 0 bridgehead atoms. The fraction of sp³-hybridized carbons (Fsp3) is 0.565. The van der Waals surface area contributed by atoms with Gasteiger partial charge in [0.15, 0.2) is 0 Å². The van der Waals surface area contributed by atoms with Crippen LogP contribution in [0.25, 0.3) is 5.69 Å². The van der Waals surface area contributed by atoms with Gasteiger partial charge in [-0.05, 0) is 50.9 Å². The minimum absolute atomic E-state index is 0.188. The van der Waals surface area contributed by atoms with Crippen molar-refractivity contribution >= 4 is 5.91 Å². The number of fused-ring (bicyclic) bond motifs is 1. The molecule has 2 heterocycles. The topological polar surface area (TPSA) is 41.4 Å². The summed E-state index contributed by atoms with van der Waals surface area (Å²) in [5.41, 5.74) is 4.09. The van der Waals surface area contributed by atoms with E-state index in [0.717, 1.165) is 68.8 Å². The maximum Gasteiger partial charge on any atom is 0.226 e. The van der Waals surface area contributed by atoms with E-state index < -0.39 is 0 Å². The highest BCUT2D eigenvalue weighted by molar-refractivity contribution is 5.79. The number of rotatable bonds is 7. The third-order valence-corrected chi connectivity index (χ3v) is 6.30. The first-order valence-corrected chi connectivity index (χ1v) is 11.0. The van der Waals surface area contributed by atoms with Gasteiger partial charge in [-0.3, -0.25) is 9.69 Å². The van der Waals surface area contributed by atoms with Crippen molar-refractivity contribution in [3.8, 4) is 5.69 Å². The van der Waals surface area contributed by atoms with E-state index in [9.17, 15) is 9.18 Å². The summed E-state index contributed by atoms with van der Waals surface area (Å²) in [7, 11) is 0. The number of nitrogens with zero attached hydrogens (tertiary/aromatic N) is 4. The summed E-state index contributed by atoms with van der Waals surface area (Å²) in [5, 5.41) is 4.90. The van der Waals surface area contributed by atoms with Gasteiger partial charge in [0.2, 0.25) is 5.91 Å². The van der Waals surface area contributed by atoms with Crippen molar-refractivity contribution in [3.63, 3.8) is 0 Å². The lowest BCUT2D eigenvalue weighted by atomic mass is 9.84. The minimum Gasteiger partial charge on any atom is -0.337 e. The lowest BCUT2D eigenvalue weighted by molar-refractivity contribution is -0.138. The first kappa shape index (κ1) is 20.1. The average molecular weight is 399 g/mol. The molecule has 4 rings (SSSR count). The molecule has 29 heavy (non-hydrogen) atoms. The van der Waals surface area contributed by atoms with Gasteiger partial charge in [-0.15, -0.1) is 0 Å². The molecule has 0 N–H and O–H groups in total. The van der Waals surface area contributed by atoms with Gasteiger partial charge in [0.05, 0.1) is 23.6 Å². The Balaban J connectivity index is 1.67. The fourth-order valence-corrected chi connectivity index (χ4v) is 4.44. The van der Waals surface area contributed by atoms with Crippen molar-refractivity contribution in [2.24, 2.45) is 5.92 Å². The molecule has 1 aromatic heterocycles. The Labute approximate surface area is 172 Å². The number of hydrogen-bond donors (Lipinski definition) is 0. The Kier molecular flexibility index (Phi) is 5.99. The molecule has 2 aliphatic rings. The van der Waals surface area contributed by atoms with Crippen molar-refractivity contribution in [2.75, 3.05) is 19.6 Å². The molecule has 1 aliphatic heterocycles. The van der Waals surface area contributed by atoms with Crippen LogP contribution in [0.4, 0.5) is 4.39 Å². The summed E-state index contributed by atoms with van der Waals surface area (Å²) < 4.78 is 15.8. The Morgan fingerprint density at radius 3 is 2.79 bits per heavy atom. The molecular formula is C23H31FN4O. The van der Waals surface area contributed by atoms with Crippen molar-refractivity contribution < 1.29 is 9.18 Å². The van der Waals surface area contributed by atoms with E-state index in [4.69, 9.17) is 5.10 Å². The molecule has 156 valence electrons. The van der Waals surface area contributed by atoms with Gasteiger partial charge in [-0.25, -0.2) is 9.07 Å². The quantitative estimate of drug-likeness (QED) is 0.710. The van der Waals surface area contributed by atoms with Crippen molar-refractivity contribution in [1.82, 2.24) is 19.6 Å². The zero-order valence-corrected chi connectivity index (χ0v) is 17.5. The van der Waals surface area contributed by atoms with Gasteiger partial charge in [0, 0.05) is 37.5 Å². The molecule has 1 fully saturated rings. The summed E-state index contributed by atoms with van der Waals surface area (Å²) in [6.07, 6.45) is 5.18. The molecule has 6 heteroatoms. The molecule has 2 aromatic rings. The summed E-state index contributed by atoms with van der Waals surface area (Å²) in [5.74, 6) is 0.189. The summed E-state index contributed by atoms with van der Waals surface area (Å²) in [4.78, 5) is 17.2. The van der Waals surface area contributed by atoms with E-state index in [2.05, 4.69) is 11.8 Å². The van der Waals surface area contributed by atoms with Gasteiger partial charge in [-0.2, -0.15) is 5.10 Å². The monoisotopic (exact) mass is 398 g/mol. The maximum absolute atomic E-state index is 13.9. The van der Waals surface area contributed by atoms with Crippen LogP contribution in [0.5, 0.6) is 0 Å². The van der Waals surface area contributed by atoms with E-state index in [0.29, 0.717) is 13.1 Å². The molecule has 0 saturated heterocycles.